The molecule has 0 atom stereocenters. The number of pyridine rings is 1. The maximum absolute atomic E-state index is 8.99. The van der Waals surface area contributed by atoms with Crippen LogP contribution >= 0.6 is 0 Å². The number of hydrogen-bond acceptors (Lipinski definition) is 3. The van der Waals surface area contributed by atoms with E-state index in [-0.39, 0.29) is 0 Å². The van der Waals surface area contributed by atoms with Crippen molar-refractivity contribution in [2.75, 3.05) is 7.11 Å². The van der Waals surface area contributed by atoms with E-state index in [4.69, 9.17) is 10.00 Å². The third-order valence-corrected chi connectivity index (χ3v) is 3.44. The Morgan fingerprint density at radius 1 is 1.26 bits per heavy atom. The van der Waals surface area contributed by atoms with Gasteiger partial charge in [-0.15, -0.1) is 0 Å². The Labute approximate surface area is 112 Å². The summed E-state index contributed by atoms with van der Waals surface area (Å²) >= 11 is 0. The lowest BCUT2D eigenvalue weighted by Crippen LogP contribution is -1.92. The summed E-state index contributed by atoms with van der Waals surface area (Å²) in [6.07, 6.45) is 4.48. The molecule has 3 nitrogen and oxygen atoms in total. The van der Waals surface area contributed by atoms with E-state index in [1.807, 2.05) is 24.4 Å². The molecule has 1 heterocycles. The molecular weight excluding hydrogens is 236 g/mol. The molecule has 1 aliphatic rings. The average Bonchev–Trinajstić information content (AvgIpc) is 3.31. The molecule has 19 heavy (non-hydrogen) atoms. The molecule has 1 aliphatic carbocycles. The largest absolute Gasteiger partial charge is 0.496 e. The lowest BCUT2D eigenvalue weighted by atomic mass is 10.1. The zero-order chi connectivity index (χ0) is 13.2. The topological polar surface area (TPSA) is 45.9 Å². The highest BCUT2D eigenvalue weighted by Crippen LogP contribution is 2.40. The van der Waals surface area contributed by atoms with Crippen molar-refractivity contribution in [2.45, 2.75) is 18.8 Å². The van der Waals surface area contributed by atoms with Crippen LogP contribution in [-0.2, 0) is 0 Å². The first kappa shape index (κ1) is 11.7. The van der Waals surface area contributed by atoms with Gasteiger partial charge in [0.15, 0.2) is 0 Å². The lowest BCUT2D eigenvalue weighted by Gasteiger charge is -2.08. The Kier molecular flexibility index (Phi) is 2.92. The summed E-state index contributed by atoms with van der Waals surface area (Å²) in [5.41, 5.74) is 3.63. The lowest BCUT2D eigenvalue weighted by molar-refractivity contribution is 0.416. The van der Waals surface area contributed by atoms with Gasteiger partial charge in [0.1, 0.15) is 5.75 Å². The molecule has 1 aromatic heterocycles. The number of benzene rings is 1. The van der Waals surface area contributed by atoms with Gasteiger partial charge >= 0.3 is 0 Å². The van der Waals surface area contributed by atoms with Crippen LogP contribution in [0.15, 0.2) is 36.5 Å². The molecule has 0 spiro atoms. The maximum Gasteiger partial charge on any atom is 0.128 e. The van der Waals surface area contributed by atoms with Gasteiger partial charge in [0.25, 0.3) is 0 Å². The highest BCUT2D eigenvalue weighted by Gasteiger charge is 2.23. The van der Waals surface area contributed by atoms with E-state index in [1.54, 1.807) is 13.2 Å². The fourth-order valence-electron chi connectivity index (χ4n) is 2.20. The van der Waals surface area contributed by atoms with Crippen molar-refractivity contribution in [3.8, 4) is 23.1 Å². The van der Waals surface area contributed by atoms with Crippen molar-refractivity contribution in [2.24, 2.45) is 0 Å². The summed E-state index contributed by atoms with van der Waals surface area (Å²) in [5, 5.41) is 8.99. The van der Waals surface area contributed by atoms with Crippen LogP contribution in [0, 0.1) is 11.3 Å². The summed E-state index contributed by atoms with van der Waals surface area (Å²) in [6, 6.07) is 11.7. The van der Waals surface area contributed by atoms with Crippen molar-refractivity contribution in [1.82, 2.24) is 4.98 Å². The molecule has 3 heteroatoms. The van der Waals surface area contributed by atoms with Crippen molar-refractivity contribution < 1.29 is 4.74 Å². The van der Waals surface area contributed by atoms with Crippen molar-refractivity contribution in [3.05, 3.63) is 47.7 Å². The number of ether oxygens (including phenoxy) is 1. The first-order valence-electron chi connectivity index (χ1n) is 6.36. The molecule has 0 saturated heterocycles. The summed E-state index contributed by atoms with van der Waals surface area (Å²) in [7, 11) is 1.63. The third kappa shape index (κ3) is 2.30. The molecule has 0 amide bonds. The molecule has 3 rings (SSSR count). The van der Waals surface area contributed by atoms with Gasteiger partial charge in [-0.3, -0.25) is 4.98 Å². The zero-order valence-electron chi connectivity index (χ0n) is 10.8. The minimum atomic E-state index is 0.615. The summed E-state index contributed by atoms with van der Waals surface area (Å²) in [5.74, 6) is 1.44. The Hall–Kier alpha value is -2.34. The highest BCUT2D eigenvalue weighted by molar-refractivity contribution is 5.69. The monoisotopic (exact) mass is 250 g/mol. The molecule has 0 unspecified atom stereocenters. The second kappa shape index (κ2) is 4.74. The molecule has 94 valence electrons. The van der Waals surface area contributed by atoms with E-state index in [0.717, 1.165) is 17.0 Å². The zero-order valence-corrected chi connectivity index (χ0v) is 10.8. The predicted molar refractivity (Wildman–Crippen MR) is 72.9 cm³/mol. The van der Waals surface area contributed by atoms with Crippen LogP contribution < -0.4 is 4.74 Å². The van der Waals surface area contributed by atoms with E-state index < -0.39 is 0 Å². The average molecular weight is 250 g/mol. The van der Waals surface area contributed by atoms with E-state index in [2.05, 4.69) is 17.1 Å². The molecule has 2 aromatic rings. The minimum Gasteiger partial charge on any atom is -0.496 e. The first-order valence-corrected chi connectivity index (χ1v) is 6.36. The molecule has 1 fully saturated rings. The molecular formula is C16H14N2O. The van der Waals surface area contributed by atoms with Gasteiger partial charge in [-0.05, 0) is 48.6 Å². The normalized spacial score (nSPS) is 13.9. The molecule has 0 N–H and O–H groups in total. The molecule has 0 aliphatic heterocycles. The highest BCUT2D eigenvalue weighted by atomic mass is 16.5. The van der Waals surface area contributed by atoms with E-state index in [1.165, 1.54) is 18.4 Å². The van der Waals surface area contributed by atoms with Crippen LogP contribution in [-0.4, -0.2) is 12.1 Å². The van der Waals surface area contributed by atoms with Gasteiger partial charge in [0, 0.05) is 11.8 Å². The Bertz CT molecular complexity index is 637. The van der Waals surface area contributed by atoms with E-state index in [9.17, 15) is 0 Å². The van der Waals surface area contributed by atoms with Crippen LogP contribution in [0.3, 0.4) is 0 Å². The van der Waals surface area contributed by atoms with Crippen LogP contribution in [0.5, 0.6) is 5.75 Å². The van der Waals surface area contributed by atoms with Crippen LogP contribution in [0.4, 0.5) is 0 Å². The van der Waals surface area contributed by atoms with Gasteiger partial charge in [-0.25, -0.2) is 0 Å². The summed E-state index contributed by atoms with van der Waals surface area (Å²) in [6.45, 7) is 0. The van der Waals surface area contributed by atoms with Crippen molar-refractivity contribution in [3.63, 3.8) is 0 Å². The van der Waals surface area contributed by atoms with Gasteiger partial charge in [0.05, 0.1) is 24.4 Å². The molecule has 0 bridgehead atoms. The van der Waals surface area contributed by atoms with Crippen LogP contribution in [0.2, 0.25) is 0 Å². The van der Waals surface area contributed by atoms with Crippen molar-refractivity contribution in [1.29, 1.82) is 5.26 Å². The molecule has 1 saturated carbocycles. The molecule has 0 radical (unpaired) electrons. The van der Waals surface area contributed by atoms with Crippen LogP contribution in [0.25, 0.3) is 11.3 Å². The Morgan fingerprint density at radius 2 is 2.11 bits per heavy atom. The summed E-state index contributed by atoms with van der Waals surface area (Å²) < 4.78 is 5.34. The van der Waals surface area contributed by atoms with E-state index in [0.29, 0.717) is 11.5 Å². The second-order valence-corrected chi connectivity index (χ2v) is 4.78. The van der Waals surface area contributed by atoms with Crippen molar-refractivity contribution >= 4 is 0 Å². The Morgan fingerprint density at radius 3 is 2.68 bits per heavy atom. The van der Waals surface area contributed by atoms with E-state index >= 15 is 0 Å². The number of hydrogen-bond donors (Lipinski definition) is 0. The van der Waals surface area contributed by atoms with Crippen LogP contribution in [0.1, 0.15) is 29.9 Å². The number of methoxy groups -OCH3 is 1. The summed E-state index contributed by atoms with van der Waals surface area (Å²) in [4.78, 5) is 4.50. The number of aromatic nitrogens is 1. The smallest absolute Gasteiger partial charge is 0.128 e. The predicted octanol–water partition coefficient (Wildman–Crippen LogP) is 3.51. The van der Waals surface area contributed by atoms with Gasteiger partial charge in [-0.2, -0.15) is 5.26 Å². The number of nitrogens with zero attached hydrogens (tertiary/aromatic N) is 2. The van der Waals surface area contributed by atoms with Gasteiger partial charge in [-0.1, -0.05) is 6.07 Å². The Balaban J connectivity index is 2.02. The van der Waals surface area contributed by atoms with Gasteiger partial charge < -0.3 is 4.74 Å². The standard InChI is InChI=1S/C16H14N2O/c1-19-16-7-2-11(9-17)8-14(16)15-6-5-13(10-18-15)12-3-4-12/h2,5-8,10,12H,3-4H2,1H3. The fourth-order valence-corrected chi connectivity index (χ4v) is 2.20. The number of nitriles is 1. The SMILES string of the molecule is COc1ccc(C#N)cc1-c1ccc(C2CC2)cn1. The maximum atomic E-state index is 8.99. The second-order valence-electron chi connectivity index (χ2n) is 4.78. The number of rotatable bonds is 3. The minimum absolute atomic E-state index is 0.615. The first-order chi connectivity index (χ1) is 9.31. The quantitative estimate of drug-likeness (QED) is 0.837. The molecule has 1 aromatic carbocycles. The third-order valence-electron chi connectivity index (χ3n) is 3.44. The van der Waals surface area contributed by atoms with Gasteiger partial charge in [0.2, 0.25) is 0 Å². The fraction of sp³-hybridized carbons (Fsp3) is 0.250.